The molecule has 1 fully saturated rings. The highest BCUT2D eigenvalue weighted by Gasteiger charge is 2.21. The number of nitrogens with one attached hydrogen (secondary N) is 1. The number of carbonyl (C=O) groups excluding carboxylic acids is 1. The van der Waals surface area contributed by atoms with Crippen LogP contribution in [0.25, 0.3) is 0 Å². The third-order valence-corrected chi connectivity index (χ3v) is 3.63. The number of anilines is 1. The molecule has 0 unspecified atom stereocenters. The van der Waals surface area contributed by atoms with Crippen molar-refractivity contribution in [2.24, 2.45) is 5.92 Å². The van der Waals surface area contributed by atoms with Gasteiger partial charge in [-0.1, -0.05) is 12.8 Å². The average molecular weight is 240 g/mol. The van der Waals surface area contributed by atoms with Crippen LogP contribution in [0.4, 0.5) is 5.13 Å². The normalized spacial score (nSPS) is 14.9. The Kier molecular flexibility index (Phi) is 3.43. The molecule has 1 N–H and O–H groups in total. The van der Waals surface area contributed by atoms with Gasteiger partial charge in [-0.05, 0) is 19.3 Å². The van der Waals surface area contributed by atoms with Gasteiger partial charge in [0, 0.05) is 11.4 Å². The van der Waals surface area contributed by atoms with E-state index in [2.05, 4.69) is 15.0 Å². The summed E-state index contributed by atoms with van der Waals surface area (Å²) in [4.78, 5) is 16.5. The number of aromatic nitrogens is 1. The van der Waals surface area contributed by atoms with Gasteiger partial charge in [-0.25, -0.2) is 9.78 Å². The molecule has 1 aliphatic rings. The minimum Gasteiger partial charge on any atom is -0.464 e. The standard InChI is InChI=1S/C11H16N2O2S/c1-7-9(10(14)15-2)13-11(16-7)12-6-5-8-3-4-8/h8H,3-6H2,1-2H3,(H,12,13). The van der Waals surface area contributed by atoms with Crippen molar-refractivity contribution in [2.75, 3.05) is 19.0 Å². The number of esters is 1. The molecule has 1 aliphatic carbocycles. The first-order valence-electron chi connectivity index (χ1n) is 5.50. The van der Waals surface area contributed by atoms with Crippen LogP contribution in [0.3, 0.4) is 0 Å². The number of ether oxygens (including phenoxy) is 1. The molecule has 16 heavy (non-hydrogen) atoms. The monoisotopic (exact) mass is 240 g/mol. The predicted octanol–water partition coefficient (Wildman–Crippen LogP) is 2.45. The number of hydrogen-bond donors (Lipinski definition) is 1. The number of thiazole rings is 1. The van der Waals surface area contributed by atoms with E-state index in [-0.39, 0.29) is 5.97 Å². The summed E-state index contributed by atoms with van der Waals surface area (Å²) in [5.41, 5.74) is 0.432. The van der Waals surface area contributed by atoms with Gasteiger partial charge < -0.3 is 10.1 Å². The molecule has 1 aromatic heterocycles. The Morgan fingerprint density at radius 2 is 2.38 bits per heavy atom. The van der Waals surface area contributed by atoms with Crippen molar-refractivity contribution in [1.29, 1.82) is 0 Å². The van der Waals surface area contributed by atoms with Crippen LogP contribution < -0.4 is 5.32 Å². The zero-order valence-electron chi connectivity index (χ0n) is 9.58. The maximum atomic E-state index is 11.3. The van der Waals surface area contributed by atoms with Crippen LogP contribution in [0.2, 0.25) is 0 Å². The van der Waals surface area contributed by atoms with Gasteiger partial charge in [0.15, 0.2) is 10.8 Å². The summed E-state index contributed by atoms with van der Waals surface area (Å²) in [5, 5.41) is 4.07. The largest absolute Gasteiger partial charge is 0.464 e. The van der Waals surface area contributed by atoms with E-state index in [9.17, 15) is 4.79 Å². The molecule has 4 nitrogen and oxygen atoms in total. The molecule has 1 heterocycles. The SMILES string of the molecule is COC(=O)c1nc(NCCC2CC2)sc1C. The molecule has 0 saturated heterocycles. The first-order chi connectivity index (χ1) is 7.70. The van der Waals surface area contributed by atoms with E-state index in [0.29, 0.717) is 5.69 Å². The molecule has 88 valence electrons. The summed E-state index contributed by atoms with van der Waals surface area (Å²) < 4.78 is 4.66. The Labute approximate surface area is 99.0 Å². The molecular weight excluding hydrogens is 224 g/mol. The molecule has 1 saturated carbocycles. The molecule has 1 aromatic rings. The second-order valence-corrected chi connectivity index (χ2v) is 5.28. The van der Waals surface area contributed by atoms with Crippen molar-refractivity contribution in [1.82, 2.24) is 4.98 Å². The lowest BCUT2D eigenvalue weighted by Gasteiger charge is -1.99. The summed E-state index contributed by atoms with van der Waals surface area (Å²) in [5.74, 6) is 0.553. The fourth-order valence-corrected chi connectivity index (χ4v) is 2.37. The van der Waals surface area contributed by atoms with E-state index in [1.54, 1.807) is 0 Å². The summed E-state index contributed by atoms with van der Waals surface area (Å²) in [6.45, 7) is 2.83. The van der Waals surface area contributed by atoms with Crippen LogP contribution in [0.5, 0.6) is 0 Å². The second kappa shape index (κ2) is 4.82. The highest BCUT2D eigenvalue weighted by Crippen LogP contribution is 2.32. The van der Waals surface area contributed by atoms with Crippen molar-refractivity contribution >= 4 is 22.4 Å². The lowest BCUT2D eigenvalue weighted by atomic mass is 10.3. The van der Waals surface area contributed by atoms with E-state index in [1.165, 1.54) is 37.7 Å². The summed E-state index contributed by atoms with van der Waals surface area (Å²) in [6.07, 6.45) is 3.93. The first-order valence-corrected chi connectivity index (χ1v) is 6.32. The van der Waals surface area contributed by atoms with Gasteiger partial charge in [0.25, 0.3) is 0 Å². The minimum absolute atomic E-state index is 0.357. The predicted molar refractivity (Wildman–Crippen MR) is 64.0 cm³/mol. The van der Waals surface area contributed by atoms with Crippen LogP contribution in [0.1, 0.15) is 34.6 Å². The number of carbonyl (C=O) groups is 1. The Morgan fingerprint density at radius 1 is 1.62 bits per heavy atom. The van der Waals surface area contributed by atoms with Crippen LogP contribution in [0, 0.1) is 12.8 Å². The first kappa shape index (κ1) is 11.4. The molecule has 0 bridgehead atoms. The Morgan fingerprint density at radius 3 is 3.00 bits per heavy atom. The number of methoxy groups -OCH3 is 1. The fraction of sp³-hybridized carbons (Fsp3) is 0.636. The van der Waals surface area contributed by atoms with Crippen LogP contribution in [-0.2, 0) is 4.74 Å². The molecular formula is C11H16N2O2S. The van der Waals surface area contributed by atoms with Gasteiger partial charge in [-0.15, -0.1) is 11.3 Å². The molecule has 0 atom stereocenters. The van der Waals surface area contributed by atoms with Crippen molar-refractivity contribution in [3.8, 4) is 0 Å². The molecule has 0 radical (unpaired) electrons. The Hall–Kier alpha value is -1.10. The highest BCUT2D eigenvalue weighted by atomic mass is 32.1. The van der Waals surface area contributed by atoms with Crippen molar-refractivity contribution < 1.29 is 9.53 Å². The van der Waals surface area contributed by atoms with E-state index >= 15 is 0 Å². The van der Waals surface area contributed by atoms with E-state index in [0.717, 1.165) is 22.5 Å². The Balaban J connectivity index is 1.91. The molecule has 0 aromatic carbocycles. The number of hydrogen-bond acceptors (Lipinski definition) is 5. The van der Waals surface area contributed by atoms with E-state index in [1.807, 2.05) is 6.92 Å². The van der Waals surface area contributed by atoms with Gasteiger partial charge in [0.2, 0.25) is 0 Å². The lowest BCUT2D eigenvalue weighted by Crippen LogP contribution is -2.05. The van der Waals surface area contributed by atoms with Gasteiger partial charge in [-0.2, -0.15) is 0 Å². The zero-order chi connectivity index (χ0) is 11.5. The van der Waals surface area contributed by atoms with E-state index < -0.39 is 0 Å². The molecule has 0 amide bonds. The quantitative estimate of drug-likeness (QED) is 0.803. The number of aryl methyl sites for hydroxylation is 1. The summed E-state index contributed by atoms with van der Waals surface area (Å²) in [6, 6.07) is 0. The molecule has 5 heteroatoms. The van der Waals surface area contributed by atoms with Crippen LogP contribution in [0.15, 0.2) is 0 Å². The maximum Gasteiger partial charge on any atom is 0.357 e. The summed E-state index contributed by atoms with van der Waals surface area (Å²) >= 11 is 1.51. The van der Waals surface area contributed by atoms with Gasteiger partial charge in [0.1, 0.15) is 0 Å². The second-order valence-electron chi connectivity index (χ2n) is 4.07. The minimum atomic E-state index is -0.357. The van der Waals surface area contributed by atoms with Crippen LogP contribution in [-0.4, -0.2) is 24.6 Å². The average Bonchev–Trinajstić information content (AvgIpc) is 3.01. The Bertz CT molecular complexity index is 385. The fourth-order valence-electron chi connectivity index (χ4n) is 1.55. The lowest BCUT2D eigenvalue weighted by molar-refractivity contribution is 0.0594. The molecule has 2 rings (SSSR count). The maximum absolute atomic E-state index is 11.3. The molecule has 0 spiro atoms. The third kappa shape index (κ3) is 2.72. The van der Waals surface area contributed by atoms with Crippen LogP contribution >= 0.6 is 11.3 Å². The smallest absolute Gasteiger partial charge is 0.357 e. The van der Waals surface area contributed by atoms with Gasteiger partial charge in [-0.3, -0.25) is 0 Å². The van der Waals surface area contributed by atoms with Crippen molar-refractivity contribution in [3.63, 3.8) is 0 Å². The van der Waals surface area contributed by atoms with E-state index in [4.69, 9.17) is 0 Å². The summed E-state index contributed by atoms with van der Waals surface area (Å²) in [7, 11) is 1.38. The van der Waals surface area contributed by atoms with Gasteiger partial charge >= 0.3 is 5.97 Å². The number of rotatable bonds is 5. The topological polar surface area (TPSA) is 51.2 Å². The van der Waals surface area contributed by atoms with Crippen molar-refractivity contribution in [3.05, 3.63) is 10.6 Å². The zero-order valence-corrected chi connectivity index (χ0v) is 10.4. The third-order valence-electron chi connectivity index (χ3n) is 2.70. The van der Waals surface area contributed by atoms with Gasteiger partial charge in [0.05, 0.1) is 7.11 Å². The highest BCUT2D eigenvalue weighted by molar-refractivity contribution is 7.15. The molecule has 0 aliphatic heterocycles. The number of nitrogens with zero attached hydrogens (tertiary/aromatic N) is 1. The van der Waals surface area contributed by atoms with Crippen molar-refractivity contribution in [2.45, 2.75) is 26.2 Å².